The van der Waals surface area contributed by atoms with Crippen LogP contribution in [0.15, 0.2) is 35.3 Å². The van der Waals surface area contributed by atoms with Crippen molar-refractivity contribution in [3.8, 4) is 0 Å². The molecule has 2 aromatic heterocycles. The molecule has 0 atom stereocenters. The van der Waals surface area contributed by atoms with Crippen LogP contribution in [-0.4, -0.2) is 15.5 Å². The maximum absolute atomic E-state index is 12.5. The number of aromatic nitrogens is 1. The number of fused-ring (bicyclic) bond motifs is 1. The van der Waals surface area contributed by atoms with Crippen LogP contribution in [-0.2, 0) is 6.18 Å². The third-order valence-electron chi connectivity index (χ3n) is 2.42. The predicted molar refractivity (Wildman–Crippen MR) is 55.6 cm³/mol. The first-order chi connectivity index (χ1) is 8.30. The van der Waals surface area contributed by atoms with Crippen LogP contribution in [0.3, 0.4) is 0 Å². The first kappa shape index (κ1) is 12.2. The molecule has 0 aliphatic rings. The van der Waals surface area contributed by atoms with Crippen LogP contribution in [0.2, 0.25) is 0 Å². The third kappa shape index (κ3) is 1.94. The lowest BCUT2D eigenvalue weighted by atomic mass is 10.1. The average molecular weight is 257 g/mol. The van der Waals surface area contributed by atoms with E-state index in [0.717, 1.165) is 28.8 Å². The summed E-state index contributed by atoms with van der Waals surface area (Å²) >= 11 is 0. The van der Waals surface area contributed by atoms with Crippen LogP contribution in [0.25, 0.3) is 5.52 Å². The van der Waals surface area contributed by atoms with Gasteiger partial charge in [-0.2, -0.15) is 13.2 Å². The van der Waals surface area contributed by atoms with Crippen molar-refractivity contribution in [3.05, 3.63) is 51.9 Å². The zero-order valence-corrected chi connectivity index (χ0v) is 8.73. The van der Waals surface area contributed by atoms with Crippen molar-refractivity contribution in [2.24, 2.45) is 0 Å². The van der Waals surface area contributed by atoms with Crippen LogP contribution in [0.4, 0.5) is 13.2 Å². The molecule has 0 spiro atoms. The molecule has 18 heavy (non-hydrogen) atoms. The molecule has 1 N–H and O–H groups in total. The Balaban J connectivity index is 2.86. The molecule has 0 aliphatic carbocycles. The molecule has 7 heteroatoms. The fourth-order valence-corrected chi connectivity index (χ4v) is 1.58. The number of carboxylic acids is 1. The molecule has 0 aromatic carbocycles. The zero-order chi connectivity index (χ0) is 13.5. The SMILES string of the molecule is O=C(O)c1ccc(=O)n2ccc(C(F)(F)F)cc12. The summed E-state index contributed by atoms with van der Waals surface area (Å²) in [6.45, 7) is 0. The zero-order valence-electron chi connectivity index (χ0n) is 8.73. The lowest BCUT2D eigenvalue weighted by molar-refractivity contribution is -0.137. The molecule has 2 aromatic rings. The summed E-state index contributed by atoms with van der Waals surface area (Å²) < 4.78 is 38.4. The second-order valence-corrected chi connectivity index (χ2v) is 3.56. The third-order valence-corrected chi connectivity index (χ3v) is 2.42. The quantitative estimate of drug-likeness (QED) is 0.850. The van der Waals surface area contributed by atoms with Gasteiger partial charge in [-0.3, -0.25) is 9.20 Å². The largest absolute Gasteiger partial charge is 0.478 e. The fraction of sp³-hybridized carbons (Fsp3) is 0.0909. The van der Waals surface area contributed by atoms with E-state index in [1.165, 1.54) is 0 Å². The molecule has 4 nitrogen and oxygen atoms in total. The first-order valence-electron chi connectivity index (χ1n) is 4.76. The molecule has 0 amide bonds. The predicted octanol–water partition coefficient (Wildman–Crippen LogP) is 2.02. The second-order valence-electron chi connectivity index (χ2n) is 3.56. The molecule has 0 radical (unpaired) electrons. The highest BCUT2D eigenvalue weighted by Gasteiger charge is 2.31. The highest BCUT2D eigenvalue weighted by atomic mass is 19.4. The number of nitrogens with zero attached hydrogens (tertiary/aromatic N) is 1. The highest BCUT2D eigenvalue weighted by Crippen LogP contribution is 2.30. The molecule has 0 unspecified atom stereocenters. The molecule has 0 aliphatic heterocycles. The second kappa shape index (κ2) is 3.86. The maximum atomic E-state index is 12.5. The van der Waals surface area contributed by atoms with Gasteiger partial charge in [-0.15, -0.1) is 0 Å². The van der Waals surface area contributed by atoms with Gasteiger partial charge in [0.25, 0.3) is 5.56 Å². The van der Waals surface area contributed by atoms with Gasteiger partial charge in [-0.25, -0.2) is 4.79 Å². The summed E-state index contributed by atoms with van der Waals surface area (Å²) in [5, 5.41) is 8.87. The van der Waals surface area contributed by atoms with Gasteiger partial charge in [0.05, 0.1) is 16.6 Å². The maximum Gasteiger partial charge on any atom is 0.416 e. The fourth-order valence-electron chi connectivity index (χ4n) is 1.58. The van der Waals surface area contributed by atoms with Gasteiger partial charge in [-0.1, -0.05) is 0 Å². The summed E-state index contributed by atoms with van der Waals surface area (Å²) in [4.78, 5) is 22.3. The Morgan fingerprint density at radius 3 is 2.44 bits per heavy atom. The van der Waals surface area contributed by atoms with Crippen molar-refractivity contribution in [3.63, 3.8) is 0 Å². The average Bonchev–Trinajstić information content (AvgIpc) is 2.27. The van der Waals surface area contributed by atoms with Crippen molar-refractivity contribution < 1.29 is 23.1 Å². The van der Waals surface area contributed by atoms with E-state index >= 15 is 0 Å². The van der Waals surface area contributed by atoms with E-state index in [0.29, 0.717) is 6.07 Å². The molecule has 0 fully saturated rings. The highest BCUT2D eigenvalue weighted by molar-refractivity contribution is 5.95. The Morgan fingerprint density at radius 2 is 1.89 bits per heavy atom. The Labute approximate surface area is 97.9 Å². The van der Waals surface area contributed by atoms with E-state index in [-0.39, 0.29) is 11.1 Å². The van der Waals surface area contributed by atoms with E-state index in [4.69, 9.17) is 5.11 Å². The number of carboxylic acid groups (broad SMARTS) is 1. The number of hydrogen-bond donors (Lipinski definition) is 1. The molecule has 94 valence electrons. The Bertz CT molecular complexity index is 688. The Kier molecular flexibility index (Phi) is 2.61. The number of aromatic carboxylic acids is 1. The molecular weight excluding hydrogens is 251 g/mol. The van der Waals surface area contributed by atoms with Crippen LogP contribution >= 0.6 is 0 Å². The molecular formula is C11H6F3NO3. The standard InChI is InChI=1S/C11H6F3NO3/c12-11(13,14)6-3-4-15-8(5-6)7(10(17)18)1-2-9(15)16/h1-5H,(H,17,18). The summed E-state index contributed by atoms with van der Waals surface area (Å²) in [5.41, 5.74) is -2.25. The van der Waals surface area contributed by atoms with Crippen molar-refractivity contribution in [2.75, 3.05) is 0 Å². The van der Waals surface area contributed by atoms with Crippen molar-refractivity contribution >= 4 is 11.5 Å². The molecule has 0 saturated carbocycles. The minimum Gasteiger partial charge on any atom is -0.478 e. The van der Waals surface area contributed by atoms with E-state index in [1.807, 2.05) is 0 Å². The van der Waals surface area contributed by atoms with Crippen LogP contribution in [0.1, 0.15) is 15.9 Å². The van der Waals surface area contributed by atoms with E-state index in [1.54, 1.807) is 0 Å². The lowest BCUT2D eigenvalue weighted by Crippen LogP contribution is -2.16. The topological polar surface area (TPSA) is 58.8 Å². The lowest BCUT2D eigenvalue weighted by Gasteiger charge is -2.09. The van der Waals surface area contributed by atoms with Crippen LogP contribution in [0, 0.1) is 0 Å². The van der Waals surface area contributed by atoms with Crippen molar-refractivity contribution in [1.82, 2.24) is 4.40 Å². The van der Waals surface area contributed by atoms with Crippen LogP contribution in [0.5, 0.6) is 0 Å². The molecule has 2 heterocycles. The molecule has 0 saturated heterocycles. The van der Waals surface area contributed by atoms with E-state index in [9.17, 15) is 22.8 Å². The van der Waals surface area contributed by atoms with Gasteiger partial charge >= 0.3 is 12.1 Å². The van der Waals surface area contributed by atoms with Gasteiger partial charge in [0.2, 0.25) is 0 Å². The smallest absolute Gasteiger partial charge is 0.416 e. The van der Waals surface area contributed by atoms with Gasteiger partial charge in [-0.05, 0) is 18.2 Å². The minimum atomic E-state index is -4.59. The summed E-state index contributed by atoms with van der Waals surface area (Å²) in [7, 11) is 0. The van der Waals surface area contributed by atoms with Crippen LogP contribution < -0.4 is 5.56 Å². The monoisotopic (exact) mass is 257 g/mol. The number of alkyl halides is 3. The normalized spacial score (nSPS) is 11.7. The summed E-state index contributed by atoms with van der Waals surface area (Å²) in [5.74, 6) is -1.40. The van der Waals surface area contributed by atoms with Gasteiger partial charge in [0.15, 0.2) is 0 Å². The number of hydrogen-bond acceptors (Lipinski definition) is 2. The number of carbonyl (C=O) groups is 1. The van der Waals surface area contributed by atoms with Gasteiger partial charge in [0, 0.05) is 12.3 Å². The molecule has 0 bridgehead atoms. The summed E-state index contributed by atoms with van der Waals surface area (Å²) in [6, 6.07) is 3.34. The molecule has 2 rings (SSSR count). The number of pyridine rings is 2. The van der Waals surface area contributed by atoms with E-state index in [2.05, 4.69) is 0 Å². The minimum absolute atomic E-state index is 0.287. The Morgan fingerprint density at radius 1 is 1.22 bits per heavy atom. The summed E-state index contributed by atoms with van der Waals surface area (Å²) in [6.07, 6.45) is -3.68. The number of rotatable bonds is 1. The van der Waals surface area contributed by atoms with E-state index < -0.39 is 23.3 Å². The van der Waals surface area contributed by atoms with Crippen molar-refractivity contribution in [1.29, 1.82) is 0 Å². The van der Waals surface area contributed by atoms with Crippen molar-refractivity contribution in [2.45, 2.75) is 6.18 Å². The first-order valence-corrected chi connectivity index (χ1v) is 4.76. The van der Waals surface area contributed by atoms with Gasteiger partial charge in [0.1, 0.15) is 0 Å². The Hall–Kier alpha value is -2.31. The number of halogens is 3. The van der Waals surface area contributed by atoms with Gasteiger partial charge < -0.3 is 5.11 Å².